The van der Waals surface area contributed by atoms with E-state index >= 15 is 0 Å². The molecule has 4 heteroatoms. The van der Waals surface area contributed by atoms with Gasteiger partial charge in [0, 0.05) is 23.5 Å². The zero-order chi connectivity index (χ0) is 13.9. The first kappa shape index (κ1) is 12.8. The second-order valence-electron chi connectivity index (χ2n) is 4.24. The zero-order valence-electron chi connectivity index (χ0n) is 10.4. The third-order valence-electron chi connectivity index (χ3n) is 2.94. The third kappa shape index (κ3) is 2.40. The molecule has 0 radical (unpaired) electrons. The van der Waals surface area contributed by atoms with Crippen LogP contribution in [0.3, 0.4) is 0 Å². The van der Waals surface area contributed by atoms with Crippen LogP contribution in [0.2, 0.25) is 5.02 Å². The number of rotatable bonds is 2. The maximum atomic E-state index is 13.3. The quantitative estimate of drug-likeness (QED) is 0.687. The normalized spacial score (nSPS) is 10.5. The molecule has 0 bridgehead atoms. The standard InChI is InChI=1S/C16H10ClFN2/c17-13-10-11(6-7-14(13)18)16-12(4-3-9-20-16)15-5-1-2-8-19-15/h1-10H. The summed E-state index contributed by atoms with van der Waals surface area (Å²) in [5, 5.41) is 0.0834. The Labute approximate surface area is 120 Å². The lowest BCUT2D eigenvalue weighted by Crippen LogP contribution is -1.91. The third-order valence-corrected chi connectivity index (χ3v) is 3.23. The van der Waals surface area contributed by atoms with Crippen LogP contribution in [-0.2, 0) is 0 Å². The highest BCUT2D eigenvalue weighted by Gasteiger charge is 2.10. The van der Waals surface area contributed by atoms with Crippen molar-refractivity contribution in [1.29, 1.82) is 0 Å². The highest BCUT2D eigenvalue weighted by molar-refractivity contribution is 6.31. The number of hydrogen-bond donors (Lipinski definition) is 0. The summed E-state index contributed by atoms with van der Waals surface area (Å²) in [6.45, 7) is 0. The van der Waals surface area contributed by atoms with Crippen LogP contribution in [0.5, 0.6) is 0 Å². The molecule has 0 fully saturated rings. The summed E-state index contributed by atoms with van der Waals surface area (Å²) in [5.41, 5.74) is 3.19. The van der Waals surface area contributed by atoms with Gasteiger partial charge in [0.25, 0.3) is 0 Å². The molecule has 3 rings (SSSR count). The van der Waals surface area contributed by atoms with Gasteiger partial charge in [-0.25, -0.2) is 4.39 Å². The zero-order valence-corrected chi connectivity index (χ0v) is 11.2. The molecule has 0 amide bonds. The summed E-state index contributed by atoms with van der Waals surface area (Å²) >= 11 is 5.84. The molecule has 2 heterocycles. The molecule has 0 N–H and O–H groups in total. The van der Waals surface area contributed by atoms with E-state index in [1.54, 1.807) is 24.5 Å². The van der Waals surface area contributed by atoms with Crippen LogP contribution in [0.1, 0.15) is 0 Å². The van der Waals surface area contributed by atoms with Crippen molar-refractivity contribution in [1.82, 2.24) is 9.97 Å². The van der Waals surface area contributed by atoms with E-state index in [4.69, 9.17) is 11.6 Å². The van der Waals surface area contributed by atoms with Crippen molar-refractivity contribution in [2.24, 2.45) is 0 Å². The molecule has 0 saturated carbocycles. The smallest absolute Gasteiger partial charge is 0.141 e. The number of aromatic nitrogens is 2. The summed E-state index contributed by atoms with van der Waals surface area (Å²) in [6, 6.07) is 14.0. The van der Waals surface area contributed by atoms with Crippen LogP contribution in [0, 0.1) is 5.82 Å². The second kappa shape index (κ2) is 5.39. The first-order chi connectivity index (χ1) is 9.75. The molecular weight excluding hydrogens is 275 g/mol. The second-order valence-corrected chi connectivity index (χ2v) is 4.65. The predicted molar refractivity (Wildman–Crippen MR) is 77.9 cm³/mol. The van der Waals surface area contributed by atoms with Crippen LogP contribution < -0.4 is 0 Å². The van der Waals surface area contributed by atoms with Crippen molar-refractivity contribution in [2.45, 2.75) is 0 Å². The van der Waals surface area contributed by atoms with Crippen molar-refractivity contribution < 1.29 is 4.39 Å². The monoisotopic (exact) mass is 284 g/mol. The van der Waals surface area contributed by atoms with Crippen molar-refractivity contribution in [3.63, 3.8) is 0 Å². The van der Waals surface area contributed by atoms with E-state index in [1.165, 1.54) is 6.07 Å². The van der Waals surface area contributed by atoms with E-state index in [0.29, 0.717) is 0 Å². The number of halogens is 2. The van der Waals surface area contributed by atoms with Gasteiger partial charge in [0.2, 0.25) is 0 Å². The Bertz CT molecular complexity index is 744. The van der Waals surface area contributed by atoms with Gasteiger partial charge in [-0.15, -0.1) is 0 Å². The van der Waals surface area contributed by atoms with Crippen LogP contribution in [0.15, 0.2) is 60.9 Å². The van der Waals surface area contributed by atoms with Gasteiger partial charge in [0.1, 0.15) is 5.82 Å². The maximum absolute atomic E-state index is 13.3. The topological polar surface area (TPSA) is 25.8 Å². The van der Waals surface area contributed by atoms with E-state index in [1.807, 2.05) is 30.3 Å². The maximum Gasteiger partial charge on any atom is 0.141 e. The molecule has 2 nitrogen and oxygen atoms in total. The lowest BCUT2D eigenvalue weighted by atomic mass is 10.0. The van der Waals surface area contributed by atoms with E-state index in [-0.39, 0.29) is 5.02 Å². The van der Waals surface area contributed by atoms with Gasteiger partial charge in [0.15, 0.2) is 0 Å². The van der Waals surface area contributed by atoms with Gasteiger partial charge in [-0.1, -0.05) is 17.7 Å². The molecule has 0 saturated heterocycles. The molecule has 0 aliphatic rings. The number of pyridine rings is 2. The van der Waals surface area contributed by atoms with Gasteiger partial charge >= 0.3 is 0 Å². The Morgan fingerprint density at radius 2 is 1.75 bits per heavy atom. The molecule has 20 heavy (non-hydrogen) atoms. The summed E-state index contributed by atoms with van der Waals surface area (Å²) in [5.74, 6) is -0.439. The Hall–Kier alpha value is -2.26. The highest BCUT2D eigenvalue weighted by Crippen LogP contribution is 2.30. The SMILES string of the molecule is Fc1ccc(-c2ncccc2-c2ccccn2)cc1Cl. The molecule has 0 spiro atoms. The Morgan fingerprint density at radius 1 is 0.900 bits per heavy atom. The fourth-order valence-electron chi connectivity index (χ4n) is 2.01. The summed E-state index contributed by atoms with van der Waals surface area (Å²) in [6.07, 6.45) is 3.42. The van der Waals surface area contributed by atoms with Crippen molar-refractivity contribution in [3.8, 4) is 22.5 Å². The summed E-state index contributed by atoms with van der Waals surface area (Å²) in [4.78, 5) is 8.70. The first-order valence-corrected chi connectivity index (χ1v) is 6.45. The molecule has 0 unspecified atom stereocenters. The molecule has 0 aliphatic carbocycles. The fraction of sp³-hybridized carbons (Fsp3) is 0. The van der Waals surface area contributed by atoms with Gasteiger partial charge < -0.3 is 0 Å². The highest BCUT2D eigenvalue weighted by atomic mass is 35.5. The Kier molecular flexibility index (Phi) is 3.44. The van der Waals surface area contributed by atoms with Crippen molar-refractivity contribution >= 4 is 11.6 Å². The Morgan fingerprint density at radius 3 is 2.50 bits per heavy atom. The van der Waals surface area contributed by atoms with Crippen LogP contribution in [0.4, 0.5) is 4.39 Å². The van der Waals surface area contributed by atoms with E-state index in [9.17, 15) is 4.39 Å². The molecule has 0 aliphatic heterocycles. The van der Waals surface area contributed by atoms with Crippen molar-refractivity contribution in [2.75, 3.05) is 0 Å². The average molecular weight is 285 g/mol. The van der Waals surface area contributed by atoms with E-state index < -0.39 is 5.82 Å². The van der Waals surface area contributed by atoms with Crippen molar-refractivity contribution in [3.05, 3.63) is 71.8 Å². The van der Waals surface area contributed by atoms with Crippen LogP contribution in [0.25, 0.3) is 22.5 Å². The lowest BCUT2D eigenvalue weighted by Gasteiger charge is -2.08. The van der Waals surface area contributed by atoms with Gasteiger partial charge in [-0.05, 0) is 42.5 Å². The molecular formula is C16H10ClFN2. The van der Waals surface area contributed by atoms with E-state index in [0.717, 1.165) is 22.5 Å². The summed E-state index contributed by atoms with van der Waals surface area (Å²) in [7, 11) is 0. The molecule has 98 valence electrons. The lowest BCUT2D eigenvalue weighted by molar-refractivity contribution is 0.628. The minimum atomic E-state index is -0.439. The minimum Gasteiger partial charge on any atom is -0.256 e. The largest absolute Gasteiger partial charge is 0.256 e. The number of benzene rings is 1. The molecule has 2 aromatic heterocycles. The molecule has 0 atom stereocenters. The van der Waals surface area contributed by atoms with Gasteiger partial charge in [-0.3, -0.25) is 9.97 Å². The van der Waals surface area contributed by atoms with Gasteiger partial charge in [-0.2, -0.15) is 0 Å². The molecule has 1 aromatic carbocycles. The van der Waals surface area contributed by atoms with Crippen LogP contribution >= 0.6 is 11.6 Å². The summed E-state index contributed by atoms with van der Waals surface area (Å²) < 4.78 is 13.3. The van der Waals surface area contributed by atoms with Crippen LogP contribution in [-0.4, -0.2) is 9.97 Å². The number of hydrogen-bond acceptors (Lipinski definition) is 2. The average Bonchev–Trinajstić information content (AvgIpc) is 2.51. The Balaban J connectivity index is 2.17. The molecule has 3 aromatic rings. The van der Waals surface area contributed by atoms with Gasteiger partial charge in [0.05, 0.1) is 16.4 Å². The fourth-order valence-corrected chi connectivity index (χ4v) is 2.19. The predicted octanol–water partition coefficient (Wildman–Crippen LogP) is 4.60. The minimum absolute atomic E-state index is 0.0834. The van der Waals surface area contributed by atoms with E-state index in [2.05, 4.69) is 9.97 Å². The first-order valence-electron chi connectivity index (χ1n) is 6.07. The number of nitrogens with zero attached hydrogens (tertiary/aromatic N) is 2.